The molecule has 0 spiro atoms. The molecule has 0 aromatic heterocycles. The molecule has 118 valence electrons. The number of nitrogens with two attached hydrogens (primary N) is 1. The summed E-state index contributed by atoms with van der Waals surface area (Å²) in [4.78, 5) is 15.0. The first-order valence-electron chi connectivity index (χ1n) is 7.80. The van der Waals surface area contributed by atoms with Crippen LogP contribution in [0.15, 0.2) is 24.3 Å². The number of carbonyl (C=O) groups is 1. The molecule has 1 amide bonds. The first kappa shape index (κ1) is 17.5. The summed E-state index contributed by atoms with van der Waals surface area (Å²) in [7, 11) is 0. The summed E-state index contributed by atoms with van der Waals surface area (Å²) in [5.74, 6) is 1.12. The minimum Gasteiger partial charge on any atom is -0.399 e. The minimum atomic E-state index is -0.530. The SMILES string of the molecule is CC(C)CN(CC(C)C)C(=O)C(C)(C)c1ccc(N)cc1. The van der Waals surface area contributed by atoms with Crippen molar-refractivity contribution in [3.8, 4) is 0 Å². The monoisotopic (exact) mass is 290 g/mol. The van der Waals surface area contributed by atoms with Crippen LogP contribution in [0.4, 0.5) is 5.69 Å². The molecule has 0 bridgehead atoms. The number of rotatable bonds is 6. The lowest BCUT2D eigenvalue weighted by Crippen LogP contribution is -2.46. The molecule has 0 fully saturated rings. The van der Waals surface area contributed by atoms with Crippen molar-refractivity contribution in [3.05, 3.63) is 29.8 Å². The molecule has 2 N–H and O–H groups in total. The summed E-state index contributed by atoms with van der Waals surface area (Å²) >= 11 is 0. The van der Waals surface area contributed by atoms with Crippen LogP contribution in [0.25, 0.3) is 0 Å². The van der Waals surface area contributed by atoms with E-state index in [1.807, 2.05) is 43.0 Å². The molecule has 1 rings (SSSR count). The summed E-state index contributed by atoms with van der Waals surface area (Å²) in [6.45, 7) is 14.2. The highest BCUT2D eigenvalue weighted by atomic mass is 16.2. The molecule has 0 saturated heterocycles. The Bertz CT molecular complexity index is 451. The lowest BCUT2D eigenvalue weighted by atomic mass is 9.82. The lowest BCUT2D eigenvalue weighted by Gasteiger charge is -2.34. The van der Waals surface area contributed by atoms with E-state index >= 15 is 0 Å². The van der Waals surface area contributed by atoms with Crippen LogP contribution < -0.4 is 5.73 Å². The Morgan fingerprint density at radius 2 is 1.48 bits per heavy atom. The molecule has 3 heteroatoms. The van der Waals surface area contributed by atoms with Crippen molar-refractivity contribution in [2.24, 2.45) is 11.8 Å². The van der Waals surface area contributed by atoms with Crippen molar-refractivity contribution in [2.45, 2.75) is 47.0 Å². The summed E-state index contributed by atoms with van der Waals surface area (Å²) < 4.78 is 0. The zero-order valence-electron chi connectivity index (χ0n) is 14.3. The Kier molecular flexibility index (Phi) is 5.82. The fraction of sp³-hybridized carbons (Fsp3) is 0.611. The predicted molar refractivity (Wildman–Crippen MR) is 90.1 cm³/mol. The average Bonchev–Trinajstić information content (AvgIpc) is 2.36. The maximum absolute atomic E-state index is 13.0. The summed E-state index contributed by atoms with van der Waals surface area (Å²) in [5.41, 5.74) is 6.95. The Labute approximate surface area is 129 Å². The average molecular weight is 290 g/mol. The van der Waals surface area contributed by atoms with Gasteiger partial charge in [0.15, 0.2) is 0 Å². The van der Waals surface area contributed by atoms with E-state index in [0.717, 1.165) is 24.3 Å². The van der Waals surface area contributed by atoms with E-state index in [0.29, 0.717) is 11.8 Å². The van der Waals surface area contributed by atoms with Gasteiger partial charge in [0.2, 0.25) is 5.91 Å². The second-order valence-corrected chi connectivity index (χ2v) is 7.24. The van der Waals surface area contributed by atoms with Gasteiger partial charge in [0.1, 0.15) is 0 Å². The van der Waals surface area contributed by atoms with Crippen LogP contribution in [0.2, 0.25) is 0 Å². The van der Waals surface area contributed by atoms with E-state index in [9.17, 15) is 4.79 Å². The normalized spacial score (nSPS) is 12.0. The maximum atomic E-state index is 13.0. The van der Waals surface area contributed by atoms with Crippen molar-refractivity contribution in [2.75, 3.05) is 18.8 Å². The standard InChI is InChI=1S/C18H30N2O/c1-13(2)11-20(12-14(3)4)17(21)18(5,6)15-7-9-16(19)10-8-15/h7-10,13-14H,11-12,19H2,1-6H3. The molecule has 0 aliphatic heterocycles. The van der Waals surface area contributed by atoms with Crippen LogP contribution in [-0.2, 0) is 10.2 Å². The number of nitrogen functional groups attached to an aromatic ring is 1. The van der Waals surface area contributed by atoms with Gasteiger partial charge in [-0.1, -0.05) is 39.8 Å². The van der Waals surface area contributed by atoms with E-state index in [-0.39, 0.29) is 5.91 Å². The fourth-order valence-corrected chi connectivity index (χ4v) is 2.54. The van der Waals surface area contributed by atoms with Crippen LogP contribution in [0.1, 0.15) is 47.1 Å². The molecule has 0 unspecified atom stereocenters. The van der Waals surface area contributed by atoms with E-state index in [1.165, 1.54) is 0 Å². The molecule has 0 saturated carbocycles. The maximum Gasteiger partial charge on any atom is 0.232 e. The quantitative estimate of drug-likeness (QED) is 0.812. The van der Waals surface area contributed by atoms with Gasteiger partial charge in [-0.15, -0.1) is 0 Å². The second-order valence-electron chi connectivity index (χ2n) is 7.24. The van der Waals surface area contributed by atoms with Crippen LogP contribution in [0.5, 0.6) is 0 Å². The first-order chi connectivity index (χ1) is 9.64. The van der Waals surface area contributed by atoms with Crippen LogP contribution in [-0.4, -0.2) is 23.9 Å². The van der Waals surface area contributed by atoms with Gasteiger partial charge in [0.25, 0.3) is 0 Å². The van der Waals surface area contributed by atoms with Crippen LogP contribution in [0.3, 0.4) is 0 Å². The van der Waals surface area contributed by atoms with E-state index < -0.39 is 5.41 Å². The van der Waals surface area contributed by atoms with Crippen LogP contribution in [0, 0.1) is 11.8 Å². The number of anilines is 1. The van der Waals surface area contributed by atoms with Gasteiger partial charge in [-0.25, -0.2) is 0 Å². The zero-order chi connectivity index (χ0) is 16.2. The summed E-state index contributed by atoms with van der Waals surface area (Å²) in [6, 6.07) is 7.63. The van der Waals surface area contributed by atoms with Crippen molar-refractivity contribution >= 4 is 11.6 Å². The Balaban J connectivity index is 3.01. The smallest absolute Gasteiger partial charge is 0.232 e. The topological polar surface area (TPSA) is 46.3 Å². The van der Waals surface area contributed by atoms with Gasteiger partial charge in [-0.3, -0.25) is 4.79 Å². The third-order valence-corrected chi connectivity index (χ3v) is 3.63. The number of hydrogen-bond donors (Lipinski definition) is 1. The molecule has 1 aromatic rings. The van der Waals surface area contributed by atoms with E-state index in [4.69, 9.17) is 5.73 Å². The highest BCUT2D eigenvalue weighted by Crippen LogP contribution is 2.27. The summed E-state index contributed by atoms with van der Waals surface area (Å²) in [6.07, 6.45) is 0. The molecule has 0 atom stereocenters. The third-order valence-electron chi connectivity index (χ3n) is 3.63. The fourth-order valence-electron chi connectivity index (χ4n) is 2.54. The Morgan fingerprint density at radius 3 is 1.86 bits per heavy atom. The largest absolute Gasteiger partial charge is 0.399 e. The molecular weight excluding hydrogens is 260 g/mol. The van der Waals surface area contributed by atoms with Gasteiger partial charge < -0.3 is 10.6 Å². The van der Waals surface area contributed by atoms with Gasteiger partial charge in [0.05, 0.1) is 5.41 Å². The first-order valence-corrected chi connectivity index (χ1v) is 7.80. The van der Waals surface area contributed by atoms with Crippen LogP contribution >= 0.6 is 0 Å². The number of benzene rings is 1. The third kappa shape index (κ3) is 4.76. The van der Waals surface area contributed by atoms with Crippen molar-refractivity contribution in [1.29, 1.82) is 0 Å². The van der Waals surface area contributed by atoms with Crippen molar-refractivity contribution in [1.82, 2.24) is 4.90 Å². The van der Waals surface area contributed by atoms with Crippen molar-refractivity contribution in [3.63, 3.8) is 0 Å². The number of amides is 1. The van der Waals surface area contributed by atoms with E-state index in [1.54, 1.807) is 0 Å². The Hall–Kier alpha value is -1.51. The number of carbonyl (C=O) groups excluding carboxylic acids is 1. The minimum absolute atomic E-state index is 0.190. The molecule has 3 nitrogen and oxygen atoms in total. The van der Waals surface area contributed by atoms with Gasteiger partial charge in [-0.2, -0.15) is 0 Å². The highest BCUT2D eigenvalue weighted by molar-refractivity contribution is 5.87. The highest BCUT2D eigenvalue weighted by Gasteiger charge is 2.34. The van der Waals surface area contributed by atoms with Gasteiger partial charge in [0, 0.05) is 18.8 Å². The Morgan fingerprint density at radius 1 is 1.05 bits per heavy atom. The van der Waals surface area contributed by atoms with E-state index in [2.05, 4.69) is 27.7 Å². The molecule has 0 aliphatic carbocycles. The molecule has 21 heavy (non-hydrogen) atoms. The molecular formula is C18H30N2O. The zero-order valence-corrected chi connectivity index (χ0v) is 14.3. The van der Waals surface area contributed by atoms with Gasteiger partial charge in [-0.05, 0) is 43.4 Å². The number of nitrogens with zero attached hydrogens (tertiary/aromatic N) is 1. The second kappa shape index (κ2) is 6.97. The van der Waals surface area contributed by atoms with Crippen molar-refractivity contribution < 1.29 is 4.79 Å². The predicted octanol–water partition coefficient (Wildman–Crippen LogP) is 3.69. The lowest BCUT2D eigenvalue weighted by molar-refractivity contribution is -0.137. The number of hydrogen-bond acceptors (Lipinski definition) is 2. The van der Waals surface area contributed by atoms with Gasteiger partial charge >= 0.3 is 0 Å². The summed E-state index contributed by atoms with van der Waals surface area (Å²) in [5, 5.41) is 0. The molecule has 1 aromatic carbocycles. The molecule has 0 aliphatic rings. The molecule has 0 radical (unpaired) electrons. The molecule has 0 heterocycles.